The lowest BCUT2D eigenvalue weighted by atomic mass is 10.1. The predicted molar refractivity (Wildman–Crippen MR) is 107 cm³/mol. The van der Waals surface area contributed by atoms with Crippen LogP contribution in [0.15, 0.2) is 4.79 Å². The zero-order valence-electron chi connectivity index (χ0n) is 17.4. The lowest BCUT2D eigenvalue weighted by Gasteiger charge is -2.26. The monoisotopic (exact) mass is 393 g/mol. The largest absolute Gasteiger partial charge is 0.379 e. The summed E-state index contributed by atoms with van der Waals surface area (Å²) < 4.78 is 8.75. The van der Waals surface area contributed by atoms with Gasteiger partial charge in [0.1, 0.15) is 5.82 Å². The minimum absolute atomic E-state index is 0.00635. The summed E-state index contributed by atoms with van der Waals surface area (Å²) in [7, 11) is 0. The summed E-state index contributed by atoms with van der Waals surface area (Å²) in [6, 6.07) is 0.126. The number of aryl methyl sites for hydroxylation is 2. The van der Waals surface area contributed by atoms with E-state index in [4.69, 9.17) is 4.74 Å². The molecule has 8 nitrogen and oxygen atoms in total. The summed E-state index contributed by atoms with van der Waals surface area (Å²) in [5.74, 6) is 1.53. The Morgan fingerprint density at radius 2 is 2.00 bits per heavy atom. The van der Waals surface area contributed by atoms with Gasteiger partial charge in [-0.3, -0.25) is 14.3 Å². The van der Waals surface area contributed by atoms with Gasteiger partial charge in [0.25, 0.3) is 0 Å². The Labute approximate surface area is 167 Å². The zero-order valence-corrected chi connectivity index (χ0v) is 17.4. The average molecular weight is 394 g/mol. The third kappa shape index (κ3) is 5.91. The van der Waals surface area contributed by atoms with Crippen molar-refractivity contribution in [3.63, 3.8) is 0 Å². The molecule has 2 aliphatic rings. The highest BCUT2D eigenvalue weighted by molar-refractivity contribution is 5.76. The van der Waals surface area contributed by atoms with Crippen LogP contribution in [0.1, 0.15) is 51.8 Å². The van der Waals surface area contributed by atoms with Crippen LogP contribution in [-0.2, 0) is 29.0 Å². The molecule has 0 aromatic carbocycles. The second-order valence-electron chi connectivity index (χ2n) is 8.41. The lowest BCUT2D eigenvalue weighted by molar-refractivity contribution is -0.122. The highest BCUT2D eigenvalue weighted by Crippen LogP contribution is 2.13. The molecule has 8 heteroatoms. The molecule has 1 unspecified atom stereocenters. The summed E-state index contributed by atoms with van der Waals surface area (Å²) in [4.78, 5) is 27.2. The Morgan fingerprint density at radius 1 is 1.21 bits per heavy atom. The van der Waals surface area contributed by atoms with Crippen molar-refractivity contribution in [3.8, 4) is 0 Å². The maximum absolute atomic E-state index is 12.6. The highest BCUT2D eigenvalue weighted by Gasteiger charge is 2.22. The van der Waals surface area contributed by atoms with Crippen molar-refractivity contribution in [2.45, 2.75) is 71.5 Å². The maximum atomic E-state index is 12.6. The van der Waals surface area contributed by atoms with Gasteiger partial charge in [0.15, 0.2) is 0 Å². The van der Waals surface area contributed by atoms with Gasteiger partial charge in [-0.15, -0.1) is 0 Å². The van der Waals surface area contributed by atoms with Crippen LogP contribution in [0.5, 0.6) is 0 Å². The second kappa shape index (κ2) is 10.2. The number of hydrogen-bond acceptors (Lipinski definition) is 5. The van der Waals surface area contributed by atoms with E-state index in [2.05, 4.69) is 29.2 Å². The van der Waals surface area contributed by atoms with Crippen LogP contribution in [0.4, 0.5) is 0 Å². The van der Waals surface area contributed by atoms with Gasteiger partial charge in [-0.1, -0.05) is 13.8 Å². The van der Waals surface area contributed by atoms with Gasteiger partial charge in [0.05, 0.1) is 13.2 Å². The molecule has 1 atom stereocenters. The smallest absolute Gasteiger partial charge is 0.345 e. The van der Waals surface area contributed by atoms with E-state index < -0.39 is 0 Å². The molecule has 158 valence electrons. The number of nitrogens with one attached hydrogen (secondary N) is 1. The summed E-state index contributed by atoms with van der Waals surface area (Å²) in [6.07, 6.45) is 4.76. The molecule has 0 saturated carbocycles. The third-order valence-corrected chi connectivity index (χ3v) is 5.68. The number of ether oxygens (including phenoxy) is 1. The Bertz CT molecular complexity index is 691. The first-order chi connectivity index (χ1) is 13.5. The van der Waals surface area contributed by atoms with Crippen LogP contribution in [0.25, 0.3) is 0 Å². The first kappa shape index (κ1) is 21.0. The topological polar surface area (TPSA) is 81.4 Å². The molecule has 1 saturated heterocycles. The number of carbonyl (C=O) groups excluding carboxylic acids is 1. The number of nitrogens with zero attached hydrogens (tertiary/aromatic N) is 4. The molecule has 0 spiro atoms. The number of morpholine rings is 1. The van der Waals surface area contributed by atoms with Crippen LogP contribution < -0.4 is 11.0 Å². The number of rotatable bonds is 8. The Morgan fingerprint density at radius 3 is 2.75 bits per heavy atom. The SMILES string of the molecule is CC(C)CCn1nc2n(c1=O)CCC(NC(=O)CCCN1CCOCC1)CC2. The summed E-state index contributed by atoms with van der Waals surface area (Å²) >= 11 is 0. The van der Waals surface area contributed by atoms with E-state index >= 15 is 0 Å². The lowest BCUT2D eigenvalue weighted by Crippen LogP contribution is -2.38. The first-order valence-corrected chi connectivity index (χ1v) is 10.8. The van der Waals surface area contributed by atoms with Gasteiger partial charge >= 0.3 is 5.69 Å². The first-order valence-electron chi connectivity index (χ1n) is 10.8. The zero-order chi connectivity index (χ0) is 19.9. The molecule has 1 aromatic heterocycles. The molecule has 1 fully saturated rings. The Hall–Kier alpha value is -1.67. The third-order valence-electron chi connectivity index (χ3n) is 5.68. The van der Waals surface area contributed by atoms with Gasteiger partial charge in [-0.25, -0.2) is 9.48 Å². The molecule has 3 heterocycles. The van der Waals surface area contributed by atoms with E-state index in [0.29, 0.717) is 25.4 Å². The molecule has 1 amide bonds. The minimum Gasteiger partial charge on any atom is -0.379 e. The molecule has 0 radical (unpaired) electrons. The van der Waals surface area contributed by atoms with E-state index in [-0.39, 0.29) is 17.6 Å². The fourth-order valence-corrected chi connectivity index (χ4v) is 3.89. The number of carbonyl (C=O) groups is 1. The van der Waals surface area contributed by atoms with Gasteiger partial charge in [-0.2, -0.15) is 5.10 Å². The molecule has 2 aliphatic heterocycles. The molecule has 1 aromatic rings. The fourth-order valence-electron chi connectivity index (χ4n) is 3.89. The number of fused-ring (bicyclic) bond motifs is 1. The van der Waals surface area contributed by atoms with Gasteiger partial charge in [0.2, 0.25) is 5.91 Å². The van der Waals surface area contributed by atoms with Crippen molar-refractivity contribution < 1.29 is 9.53 Å². The van der Waals surface area contributed by atoms with E-state index in [9.17, 15) is 9.59 Å². The van der Waals surface area contributed by atoms with E-state index in [1.54, 1.807) is 9.25 Å². The average Bonchev–Trinajstić information content (AvgIpc) is 2.84. The Kier molecular flexibility index (Phi) is 7.67. The second-order valence-corrected chi connectivity index (χ2v) is 8.41. The quantitative estimate of drug-likeness (QED) is 0.713. The Balaban J connectivity index is 1.42. The molecule has 1 N–H and O–H groups in total. The molecular weight excluding hydrogens is 358 g/mol. The number of amides is 1. The standard InChI is InChI=1S/C20H35N5O3/c1-16(2)7-11-25-20(27)24-10-8-17(5-6-18(24)22-25)21-19(26)4-3-9-23-12-14-28-15-13-23/h16-17H,3-15H2,1-2H3,(H,21,26). The van der Waals surface area contributed by atoms with Gasteiger partial charge in [-0.05, 0) is 38.1 Å². The minimum atomic E-state index is -0.00635. The molecule has 0 aliphatic carbocycles. The van der Waals surface area contributed by atoms with E-state index in [1.165, 1.54) is 0 Å². The van der Waals surface area contributed by atoms with Gasteiger partial charge in [0, 0.05) is 45.1 Å². The number of aromatic nitrogens is 3. The van der Waals surface area contributed by atoms with Crippen LogP contribution in [0.3, 0.4) is 0 Å². The summed E-state index contributed by atoms with van der Waals surface area (Å²) in [5.41, 5.74) is -0.00635. The van der Waals surface area contributed by atoms with Crippen molar-refractivity contribution in [1.29, 1.82) is 0 Å². The van der Waals surface area contributed by atoms with Crippen LogP contribution in [-0.4, -0.2) is 64.0 Å². The van der Waals surface area contributed by atoms with Crippen molar-refractivity contribution in [1.82, 2.24) is 24.6 Å². The van der Waals surface area contributed by atoms with Gasteiger partial charge < -0.3 is 10.1 Å². The van der Waals surface area contributed by atoms with Crippen molar-refractivity contribution >= 4 is 5.91 Å². The molecule has 3 rings (SSSR count). The van der Waals surface area contributed by atoms with E-state index in [0.717, 1.165) is 70.8 Å². The van der Waals surface area contributed by atoms with E-state index in [1.807, 2.05) is 0 Å². The normalized spacial score (nSPS) is 20.8. The fraction of sp³-hybridized carbons (Fsp3) is 0.850. The molecule has 28 heavy (non-hydrogen) atoms. The van der Waals surface area contributed by atoms with Crippen molar-refractivity contribution in [2.24, 2.45) is 5.92 Å². The summed E-state index contributed by atoms with van der Waals surface area (Å²) in [6.45, 7) is 10.1. The highest BCUT2D eigenvalue weighted by atomic mass is 16.5. The van der Waals surface area contributed by atoms with Crippen LogP contribution in [0.2, 0.25) is 0 Å². The number of hydrogen-bond donors (Lipinski definition) is 1. The summed E-state index contributed by atoms with van der Waals surface area (Å²) in [5, 5.41) is 7.70. The molecular formula is C20H35N5O3. The van der Waals surface area contributed by atoms with Crippen LogP contribution >= 0.6 is 0 Å². The maximum Gasteiger partial charge on any atom is 0.345 e. The molecule has 0 bridgehead atoms. The van der Waals surface area contributed by atoms with Crippen molar-refractivity contribution in [2.75, 3.05) is 32.8 Å². The van der Waals surface area contributed by atoms with Crippen molar-refractivity contribution in [3.05, 3.63) is 16.3 Å². The predicted octanol–water partition coefficient (Wildman–Crippen LogP) is 1.02. The van der Waals surface area contributed by atoms with Crippen LogP contribution in [0, 0.1) is 5.92 Å².